The fourth-order valence-corrected chi connectivity index (χ4v) is 2.49. The van der Waals surface area contributed by atoms with Crippen LogP contribution in [0.2, 0.25) is 5.02 Å². The number of halogens is 2. The highest BCUT2D eigenvalue weighted by atomic mass is 35.5. The Morgan fingerprint density at radius 1 is 1.04 bits per heavy atom. The van der Waals surface area contributed by atoms with Crippen LogP contribution in [0.3, 0.4) is 0 Å². The van der Waals surface area contributed by atoms with Crippen LogP contribution in [0.15, 0.2) is 63.6 Å². The first kappa shape index (κ1) is 20.8. The third-order valence-electron chi connectivity index (χ3n) is 3.20. The van der Waals surface area contributed by atoms with Crippen LogP contribution in [0, 0.1) is 0 Å². The maximum atomic E-state index is 12.0. The molecule has 0 unspecified atom stereocenters. The number of nitrogens with one attached hydrogen (secondary N) is 2. The summed E-state index contributed by atoms with van der Waals surface area (Å²) < 4.78 is 22.4. The SMILES string of the molecule is CC(=N\NC(=O)c1ccc(Cl)cc1)/C(Cl)=N/Nc1ccc(S(N)(=O)=O)cc1. The molecule has 0 aliphatic rings. The summed E-state index contributed by atoms with van der Waals surface area (Å²) in [5.74, 6) is -0.429. The summed E-state index contributed by atoms with van der Waals surface area (Å²) in [6, 6.07) is 11.9. The minimum atomic E-state index is -3.76. The van der Waals surface area contributed by atoms with Gasteiger partial charge < -0.3 is 0 Å². The van der Waals surface area contributed by atoms with Crippen LogP contribution in [0.5, 0.6) is 0 Å². The number of nitrogens with zero attached hydrogens (tertiary/aromatic N) is 2. The molecule has 0 aliphatic heterocycles. The summed E-state index contributed by atoms with van der Waals surface area (Å²) in [4.78, 5) is 11.9. The summed E-state index contributed by atoms with van der Waals surface area (Å²) in [6.07, 6.45) is 0. The molecule has 2 aromatic rings. The van der Waals surface area contributed by atoms with Crippen LogP contribution >= 0.6 is 23.2 Å². The number of amides is 1. The second-order valence-electron chi connectivity index (χ2n) is 5.23. The standard InChI is InChI=1S/C16H15Cl2N5O3S/c1-10(20-23-16(24)11-2-4-12(17)5-3-11)15(18)22-21-13-6-8-14(9-7-13)27(19,25)26/h2-9,21H,1H3,(H,23,24)(H2,19,25,26)/b20-10+,22-15-. The van der Waals surface area contributed by atoms with Crippen molar-refractivity contribution in [1.29, 1.82) is 0 Å². The largest absolute Gasteiger partial charge is 0.277 e. The van der Waals surface area contributed by atoms with E-state index < -0.39 is 15.9 Å². The third-order valence-corrected chi connectivity index (χ3v) is 4.74. The number of hydrazone groups is 2. The van der Waals surface area contributed by atoms with Crippen LogP contribution in [-0.4, -0.2) is 25.2 Å². The highest BCUT2D eigenvalue weighted by Gasteiger charge is 2.08. The van der Waals surface area contributed by atoms with Gasteiger partial charge in [0.25, 0.3) is 5.91 Å². The van der Waals surface area contributed by atoms with E-state index in [1.165, 1.54) is 24.3 Å². The molecule has 0 radical (unpaired) electrons. The number of carbonyl (C=O) groups excluding carboxylic acids is 1. The van der Waals surface area contributed by atoms with Gasteiger partial charge in [-0.2, -0.15) is 10.2 Å². The lowest BCUT2D eigenvalue weighted by Crippen LogP contribution is -2.20. The second-order valence-corrected chi connectivity index (χ2v) is 7.58. The van der Waals surface area contributed by atoms with Gasteiger partial charge in [-0.15, -0.1) is 0 Å². The van der Waals surface area contributed by atoms with E-state index in [0.29, 0.717) is 16.3 Å². The fourth-order valence-electron chi connectivity index (χ4n) is 1.76. The zero-order valence-corrected chi connectivity index (χ0v) is 16.3. The number of nitrogens with two attached hydrogens (primary N) is 1. The number of carbonyl (C=O) groups is 1. The smallest absolute Gasteiger partial charge is 0.271 e. The quantitative estimate of drug-likeness (QED) is 0.483. The Balaban J connectivity index is 1.98. The monoisotopic (exact) mass is 427 g/mol. The van der Waals surface area contributed by atoms with Gasteiger partial charge in [0.2, 0.25) is 10.0 Å². The topological polar surface area (TPSA) is 126 Å². The van der Waals surface area contributed by atoms with Crippen molar-refractivity contribution < 1.29 is 13.2 Å². The van der Waals surface area contributed by atoms with Crippen molar-refractivity contribution in [2.24, 2.45) is 15.3 Å². The molecule has 2 rings (SSSR count). The molecular weight excluding hydrogens is 413 g/mol. The van der Waals surface area contributed by atoms with Gasteiger partial charge in [0, 0.05) is 10.6 Å². The van der Waals surface area contributed by atoms with E-state index in [-0.39, 0.29) is 15.8 Å². The number of primary sulfonamides is 1. The summed E-state index contributed by atoms with van der Waals surface area (Å²) in [5.41, 5.74) is 6.12. The van der Waals surface area contributed by atoms with E-state index in [9.17, 15) is 13.2 Å². The maximum absolute atomic E-state index is 12.0. The molecule has 0 saturated heterocycles. The van der Waals surface area contributed by atoms with E-state index >= 15 is 0 Å². The number of anilines is 1. The van der Waals surface area contributed by atoms with Gasteiger partial charge in [0.05, 0.1) is 16.3 Å². The molecule has 0 atom stereocenters. The predicted octanol–water partition coefficient (Wildman–Crippen LogP) is 2.76. The zero-order valence-electron chi connectivity index (χ0n) is 14.0. The molecule has 0 saturated carbocycles. The number of hydrogen-bond acceptors (Lipinski definition) is 6. The Bertz CT molecular complexity index is 988. The number of sulfonamides is 1. The minimum absolute atomic E-state index is 0.00179. The lowest BCUT2D eigenvalue weighted by molar-refractivity contribution is 0.0955. The van der Waals surface area contributed by atoms with Crippen molar-refractivity contribution in [3.05, 3.63) is 59.1 Å². The predicted molar refractivity (Wildman–Crippen MR) is 107 cm³/mol. The van der Waals surface area contributed by atoms with Gasteiger partial charge in [0.15, 0.2) is 5.17 Å². The highest BCUT2D eigenvalue weighted by molar-refractivity contribution is 7.89. The lowest BCUT2D eigenvalue weighted by Gasteiger charge is -2.04. The van der Waals surface area contributed by atoms with Gasteiger partial charge in [-0.25, -0.2) is 19.0 Å². The van der Waals surface area contributed by atoms with Crippen LogP contribution < -0.4 is 16.0 Å². The average Bonchev–Trinajstić information content (AvgIpc) is 2.64. The van der Waals surface area contributed by atoms with Gasteiger partial charge >= 0.3 is 0 Å². The Morgan fingerprint density at radius 2 is 1.63 bits per heavy atom. The summed E-state index contributed by atoms with van der Waals surface area (Å²) in [5, 5.41) is 13.3. The van der Waals surface area contributed by atoms with E-state index in [1.54, 1.807) is 31.2 Å². The third kappa shape index (κ3) is 6.33. The van der Waals surface area contributed by atoms with E-state index in [4.69, 9.17) is 28.3 Å². The molecule has 8 nitrogen and oxygen atoms in total. The summed E-state index contributed by atoms with van der Waals surface area (Å²) in [7, 11) is -3.76. The van der Waals surface area contributed by atoms with Gasteiger partial charge in [-0.05, 0) is 55.5 Å². The molecule has 2 aromatic carbocycles. The molecule has 4 N–H and O–H groups in total. The van der Waals surface area contributed by atoms with Crippen molar-refractivity contribution in [1.82, 2.24) is 5.43 Å². The molecule has 0 bridgehead atoms. The second kappa shape index (κ2) is 8.96. The Kier molecular flexibility index (Phi) is 6.92. The van der Waals surface area contributed by atoms with E-state index in [2.05, 4.69) is 21.1 Å². The minimum Gasteiger partial charge on any atom is -0.277 e. The zero-order chi connectivity index (χ0) is 20.0. The molecule has 11 heteroatoms. The van der Waals surface area contributed by atoms with E-state index in [0.717, 1.165) is 0 Å². The number of hydrogen-bond donors (Lipinski definition) is 3. The van der Waals surface area contributed by atoms with Crippen molar-refractivity contribution in [3.8, 4) is 0 Å². The molecule has 27 heavy (non-hydrogen) atoms. The molecule has 0 aliphatic carbocycles. The molecule has 0 fully saturated rings. The average molecular weight is 428 g/mol. The fraction of sp³-hybridized carbons (Fsp3) is 0.0625. The van der Waals surface area contributed by atoms with Crippen molar-refractivity contribution in [2.75, 3.05) is 5.43 Å². The molecule has 1 amide bonds. The van der Waals surface area contributed by atoms with Crippen LogP contribution in [0.1, 0.15) is 17.3 Å². The first-order valence-corrected chi connectivity index (χ1v) is 9.69. The molecule has 0 spiro atoms. The molecule has 0 heterocycles. The molecule has 0 aromatic heterocycles. The highest BCUT2D eigenvalue weighted by Crippen LogP contribution is 2.13. The first-order chi connectivity index (χ1) is 12.7. The van der Waals surface area contributed by atoms with Gasteiger partial charge in [-0.1, -0.05) is 23.2 Å². The van der Waals surface area contributed by atoms with Crippen LogP contribution in [0.25, 0.3) is 0 Å². The lowest BCUT2D eigenvalue weighted by atomic mass is 10.2. The van der Waals surface area contributed by atoms with Gasteiger partial charge in [0.1, 0.15) is 0 Å². The Labute approximate surface area is 166 Å². The molecule has 142 valence electrons. The summed E-state index contributed by atoms with van der Waals surface area (Å²) >= 11 is 11.8. The van der Waals surface area contributed by atoms with Crippen LogP contribution in [-0.2, 0) is 10.0 Å². The Hall–Kier alpha value is -2.46. The molecular formula is C16H15Cl2N5O3S. The first-order valence-electron chi connectivity index (χ1n) is 7.39. The van der Waals surface area contributed by atoms with Crippen LogP contribution in [0.4, 0.5) is 5.69 Å². The Morgan fingerprint density at radius 3 is 2.19 bits per heavy atom. The van der Waals surface area contributed by atoms with Crippen molar-refractivity contribution >= 4 is 55.7 Å². The van der Waals surface area contributed by atoms with Gasteiger partial charge in [-0.3, -0.25) is 10.2 Å². The number of benzene rings is 2. The van der Waals surface area contributed by atoms with E-state index in [1.807, 2.05) is 0 Å². The number of rotatable bonds is 6. The van der Waals surface area contributed by atoms with Crippen molar-refractivity contribution in [2.45, 2.75) is 11.8 Å². The summed E-state index contributed by atoms with van der Waals surface area (Å²) in [6.45, 7) is 1.56. The maximum Gasteiger partial charge on any atom is 0.271 e. The normalized spacial score (nSPS) is 12.6. The van der Waals surface area contributed by atoms with Crippen molar-refractivity contribution in [3.63, 3.8) is 0 Å².